The molecule has 1 aromatic heterocycles. The number of carbonyl (C=O) groups excluding carboxylic acids is 1. The maximum atomic E-state index is 12.2. The molecular formula is C16H19NO3. The zero-order chi connectivity index (χ0) is 14.1. The minimum Gasteiger partial charge on any atom is -0.408 e. The number of fused-ring (bicyclic) bond motifs is 1. The SMILES string of the molecule is CCCn1c(=O)oc2cc(C(=O)CC3CCC3)ccc21. The van der Waals surface area contributed by atoms with Crippen molar-refractivity contribution in [1.29, 1.82) is 0 Å². The number of hydrogen-bond donors (Lipinski definition) is 0. The third-order valence-corrected chi connectivity index (χ3v) is 4.14. The Balaban J connectivity index is 1.90. The van der Waals surface area contributed by atoms with Gasteiger partial charge in [0.05, 0.1) is 5.52 Å². The lowest BCUT2D eigenvalue weighted by Gasteiger charge is -2.24. The van der Waals surface area contributed by atoms with Crippen molar-refractivity contribution in [1.82, 2.24) is 4.57 Å². The van der Waals surface area contributed by atoms with Crippen molar-refractivity contribution in [2.75, 3.05) is 0 Å². The number of ketones is 1. The lowest BCUT2D eigenvalue weighted by molar-refractivity contribution is 0.0936. The Bertz CT molecular complexity index is 691. The number of carbonyl (C=O) groups is 1. The van der Waals surface area contributed by atoms with Crippen molar-refractivity contribution in [2.45, 2.75) is 45.6 Å². The average molecular weight is 273 g/mol. The van der Waals surface area contributed by atoms with Crippen LogP contribution in [-0.2, 0) is 6.54 Å². The second-order valence-electron chi connectivity index (χ2n) is 5.63. The fourth-order valence-electron chi connectivity index (χ4n) is 2.75. The van der Waals surface area contributed by atoms with Crippen molar-refractivity contribution in [2.24, 2.45) is 5.92 Å². The molecule has 0 unspecified atom stereocenters. The average Bonchev–Trinajstić information content (AvgIpc) is 2.70. The molecule has 0 spiro atoms. The van der Waals surface area contributed by atoms with E-state index in [1.165, 1.54) is 6.42 Å². The fraction of sp³-hybridized carbons (Fsp3) is 0.500. The molecule has 0 radical (unpaired) electrons. The molecule has 4 nitrogen and oxygen atoms in total. The summed E-state index contributed by atoms with van der Waals surface area (Å²) < 4.78 is 6.86. The number of aryl methyl sites for hydroxylation is 1. The summed E-state index contributed by atoms with van der Waals surface area (Å²) in [5.74, 6) is 0.364. The highest BCUT2D eigenvalue weighted by Crippen LogP contribution is 2.30. The van der Waals surface area contributed by atoms with Gasteiger partial charge in [0, 0.05) is 18.5 Å². The van der Waals surface area contributed by atoms with E-state index >= 15 is 0 Å². The molecule has 0 aliphatic heterocycles. The van der Waals surface area contributed by atoms with Crippen LogP contribution >= 0.6 is 0 Å². The van der Waals surface area contributed by atoms with E-state index in [1.807, 2.05) is 19.1 Å². The lowest BCUT2D eigenvalue weighted by Crippen LogP contribution is -2.16. The number of nitrogens with zero attached hydrogens (tertiary/aromatic N) is 1. The molecule has 2 aromatic rings. The summed E-state index contributed by atoms with van der Waals surface area (Å²) in [4.78, 5) is 23.9. The lowest BCUT2D eigenvalue weighted by atomic mass is 9.81. The first-order valence-corrected chi connectivity index (χ1v) is 7.35. The molecule has 0 atom stereocenters. The van der Waals surface area contributed by atoms with Crippen LogP contribution in [0.5, 0.6) is 0 Å². The quantitative estimate of drug-likeness (QED) is 0.785. The zero-order valence-electron chi connectivity index (χ0n) is 11.7. The van der Waals surface area contributed by atoms with Crippen molar-refractivity contribution < 1.29 is 9.21 Å². The highest BCUT2D eigenvalue weighted by molar-refractivity contribution is 5.98. The Kier molecular flexibility index (Phi) is 3.47. The Hall–Kier alpha value is -1.84. The van der Waals surface area contributed by atoms with Crippen molar-refractivity contribution in [3.8, 4) is 0 Å². The highest BCUT2D eigenvalue weighted by atomic mass is 16.4. The van der Waals surface area contributed by atoms with E-state index in [2.05, 4.69) is 0 Å². The summed E-state index contributed by atoms with van der Waals surface area (Å²) in [5, 5.41) is 0. The molecule has 1 saturated carbocycles. The van der Waals surface area contributed by atoms with E-state index < -0.39 is 0 Å². The van der Waals surface area contributed by atoms with Gasteiger partial charge in [-0.3, -0.25) is 9.36 Å². The number of oxazole rings is 1. The molecular weight excluding hydrogens is 254 g/mol. The van der Waals surface area contributed by atoms with Crippen LogP contribution in [0.4, 0.5) is 0 Å². The van der Waals surface area contributed by atoms with Gasteiger partial charge in [0.25, 0.3) is 0 Å². The third kappa shape index (κ3) is 2.30. The van der Waals surface area contributed by atoms with Crippen LogP contribution in [0.2, 0.25) is 0 Å². The largest absolute Gasteiger partial charge is 0.419 e. The van der Waals surface area contributed by atoms with E-state index in [-0.39, 0.29) is 11.5 Å². The molecule has 0 N–H and O–H groups in total. The molecule has 0 saturated heterocycles. The van der Waals surface area contributed by atoms with Gasteiger partial charge in [-0.05, 0) is 30.5 Å². The Morgan fingerprint density at radius 1 is 1.40 bits per heavy atom. The van der Waals surface area contributed by atoms with Gasteiger partial charge in [-0.2, -0.15) is 0 Å². The maximum absolute atomic E-state index is 12.2. The number of rotatable bonds is 5. The van der Waals surface area contributed by atoms with Crippen LogP contribution < -0.4 is 5.76 Å². The summed E-state index contributed by atoms with van der Waals surface area (Å²) in [6.07, 6.45) is 5.06. The monoisotopic (exact) mass is 273 g/mol. The van der Waals surface area contributed by atoms with Gasteiger partial charge in [-0.15, -0.1) is 0 Å². The van der Waals surface area contributed by atoms with Crippen LogP contribution in [-0.4, -0.2) is 10.4 Å². The highest BCUT2D eigenvalue weighted by Gasteiger charge is 2.22. The Morgan fingerprint density at radius 3 is 2.85 bits per heavy atom. The number of aromatic nitrogens is 1. The molecule has 1 aliphatic carbocycles. The predicted octanol–water partition coefficient (Wildman–Crippen LogP) is 3.38. The van der Waals surface area contributed by atoms with Crippen molar-refractivity contribution in [3.63, 3.8) is 0 Å². The van der Waals surface area contributed by atoms with E-state index in [4.69, 9.17) is 4.42 Å². The minimum atomic E-state index is -0.342. The Morgan fingerprint density at radius 2 is 2.20 bits per heavy atom. The predicted molar refractivity (Wildman–Crippen MR) is 77.1 cm³/mol. The molecule has 0 bridgehead atoms. The normalized spacial score (nSPS) is 15.4. The van der Waals surface area contributed by atoms with Gasteiger partial charge in [0.2, 0.25) is 0 Å². The van der Waals surface area contributed by atoms with Gasteiger partial charge < -0.3 is 4.42 Å². The number of benzene rings is 1. The first-order valence-electron chi connectivity index (χ1n) is 7.35. The van der Waals surface area contributed by atoms with Gasteiger partial charge >= 0.3 is 5.76 Å². The Labute approximate surface area is 117 Å². The van der Waals surface area contributed by atoms with Crippen molar-refractivity contribution >= 4 is 16.9 Å². The van der Waals surface area contributed by atoms with Crippen LogP contribution in [0.3, 0.4) is 0 Å². The summed E-state index contributed by atoms with van der Waals surface area (Å²) in [6.45, 7) is 2.66. The van der Waals surface area contributed by atoms with Crippen LogP contribution in [0.1, 0.15) is 49.4 Å². The minimum absolute atomic E-state index is 0.155. The van der Waals surface area contributed by atoms with Gasteiger partial charge in [-0.1, -0.05) is 26.2 Å². The maximum Gasteiger partial charge on any atom is 0.419 e. The summed E-state index contributed by atoms with van der Waals surface area (Å²) in [5.41, 5.74) is 1.95. The summed E-state index contributed by atoms with van der Waals surface area (Å²) in [7, 11) is 0. The zero-order valence-corrected chi connectivity index (χ0v) is 11.7. The molecule has 1 aromatic carbocycles. The smallest absolute Gasteiger partial charge is 0.408 e. The molecule has 20 heavy (non-hydrogen) atoms. The molecule has 4 heteroatoms. The standard InChI is InChI=1S/C16H19NO3/c1-2-8-17-13-7-6-12(10-15(13)20-16(17)19)14(18)9-11-4-3-5-11/h6-7,10-11H,2-5,8-9H2,1H3. The van der Waals surface area contributed by atoms with Gasteiger partial charge in [0.15, 0.2) is 11.4 Å². The molecule has 1 aliphatic rings. The van der Waals surface area contributed by atoms with Gasteiger partial charge in [-0.25, -0.2) is 4.79 Å². The van der Waals surface area contributed by atoms with Gasteiger partial charge in [0.1, 0.15) is 0 Å². The van der Waals surface area contributed by atoms with E-state index in [0.29, 0.717) is 30.0 Å². The van der Waals surface area contributed by atoms with E-state index in [0.717, 1.165) is 24.8 Å². The first kappa shape index (κ1) is 13.2. The number of Topliss-reactive ketones (excluding diaryl/α,β-unsaturated/α-hetero) is 1. The number of hydrogen-bond acceptors (Lipinski definition) is 3. The summed E-state index contributed by atoms with van der Waals surface area (Å²) >= 11 is 0. The van der Waals surface area contributed by atoms with Crippen LogP contribution in [0.15, 0.2) is 27.4 Å². The fourth-order valence-corrected chi connectivity index (χ4v) is 2.75. The molecule has 3 rings (SSSR count). The second kappa shape index (κ2) is 5.27. The van der Waals surface area contributed by atoms with Crippen molar-refractivity contribution in [3.05, 3.63) is 34.3 Å². The molecule has 0 amide bonds. The third-order valence-electron chi connectivity index (χ3n) is 4.14. The summed E-state index contributed by atoms with van der Waals surface area (Å²) in [6, 6.07) is 5.35. The van der Waals surface area contributed by atoms with Crippen LogP contribution in [0.25, 0.3) is 11.1 Å². The molecule has 1 fully saturated rings. The van der Waals surface area contributed by atoms with E-state index in [9.17, 15) is 9.59 Å². The van der Waals surface area contributed by atoms with E-state index in [1.54, 1.807) is 10.6 Å². The van der Waals surface area contributed by atoms with Crippen LogP contribution in [0, 0.1) is 5.92 Å². The topological polar surface area (TPSA) is 52.2 Å². The molecule has 106 valence electrons. The first-order chi connectivity index (χ1) is 9.69. The second-order valence-corrected chi connectivity index (χ2v) is 5.63. The molecule has 1 heterocycles.